The Morgan fingerprint density at radius 3 is 2.64 bits per heavy atom. The molecule has 0 aromatic heterocycles. The number of aliphatic imine (C=N–C) groups is 1. The quantitative estimate of drug-likeness (QED) is 0.319. The first-order valence-corrected chi connectivity index (χ1v) is 9.62. The van der Waals surface area contributed by atoms with Gasteiger partial charge in [-0.15, -0.1) is 11.8 Å². The number of methoxy groups -OCH3 is 1. The third kappa shape index (κ3) is 6.84. The number of rotatable bonds is 8. The van der Waals surface area contributed by atoms with Crippen molar-refractivity contribution in [3.63, 3.8) is 0 Å². The van der Waals surface area contributed by atoms with E-state index in [1.165, 1.54) is 12.1 Å². The highest BCUT2D eigenvalue weighted by molar-refractivity contribution is 7.99. The fraction of sp³-hybridized carbons (Fsp3) is 0.611. The van der Waals surface area contributed by atoms with Gasteiger partial charge in [0.25, 0.3) is 0 Å². The lowest BCUT2D eigenvalue weighted by atomic mass is 9.94. The summed E-state index contributed by atoms with van der Waals surface area (Å²) >= 11 is 1.73. The van der Waals surface area contributed by atoms with Crippen molar-refractivity contribution in [1.82, 2.24) is 10.6 Å². The summed E-state index contributed by atoms with van der Waals surface area (Å²) in [4.78, 5) is 5.35. The highest BCUT2D eigenvalue weighted by Gasteiger charge is 2.32. The van der Waals surface area contributed by atoms with Crippen LogP contribution in [0.5, 0.6) is 0 Å². The fourth-order valence-corrected chi connectivity index (χ4v) is 3.51. The predicted octanol–water partition coefficient (Wildman–Crippen LogP) is 2.67. The van der Waals surface area contributed by atoms with Crippen molar-refractivity contribution in [2.75, 3.05) is 46.2 Å². The van der Waals surface area contributed by atoms with E-state index in [1.54, 1.807) is 25.9 Å². The number of guanidine groups is 1. The van der Waals surface area contributed by atoms with E-state index >= 15 is 0 Å². The summed E-state index contributed by atoms with van der Waals surface area (Å²) in [6, 6.07) is 6.61. The second-order valence-electron chi connectivity index (χ2n) is 6.01. The Morgan fingerprint density at radius 1 is 1.28 bits per heavy atom. The molecule has 7 heteroatoms. The van der Waals surface area contributed by atoms with Gasteiger partial charge < -0.3 is 20.1 Å². The second kappa shape index (κ2) is 10.6. The van der Waals surface area contributed by atoms with Gasteiger partial charge in [0.05, 0.1) is 5.60 Å². The molecule has 0 saturated carbocycles. The molecule has 1 aromatic rings. The zero-order valence-corrected chi connectivity index (χ0v) is 15.8. The van der Waals surface area contributed by atoms with Gasteiger partial charge in [0.1, 0.15) is 5.82 Å². The Bertz CT molecular complexity index is 534. The number of ether oxygens (including phenoxy) is 2. The number of nitrogens with one attached hydrogen (secondary N) is 2. The van der Waals surface area contributed by atoms with Gasteiger partial charge in [-0.25, -0.2) is 4.39 Å². The van der Waals surface area contributed by atoms with Crippen molar-refractivity contribution >= 4 is 17.7 Å². The van der Waals surface area contributed by atoms with Crippen LogP contribution >= 0.6 is 11.8 Å². The maximum Gasteiger partial charge on any atom is 0.191 e. The van der Waals surface area contributed by atoms with Gasteiger partial charge in [-0.2, -0.15) is 0 Å². The van der Waals surface area contributed by atoms with Gasteiger partial charge >= 0.3 is 0 Å². The molecule has 0 spiro atoms. The lowest BCUT2D eigenvalue weighted by Crippen LogP contribution is -2.50. The molecule has 0 bridgehead atoms. The minimum absolute atomic E-state index is 0.172. The Kier molecular flexibility index (Phi) is 8.51. The fourth-order valence-electron chi connectivity index (χ4n) is 2.66. The van der Waals surface area contributed by atoms with Gasteiger partial charge in [-0.3, -0.25) is 4.99 Å². The zero-order valence-electron chi connectivity index (χ0n) is 15.0. The second-order valence-corrected chi connectivity index (χ2v) is 7.18. The molecule has 0 aliphatic carbocycles. The van der Waals surface area contributed by atoms with E-state index in [9.17, 15) is 4.39 Å². The monoisotopic (exact) mass is 369 g/mol. The molecule has 1 aliphatic heterocycles. The molecular formula is C18H28FN3O2S. The van der Waals surface area contributed by atoms with Crippen LogP contribution in [0.15, 0.2) is 34.2 Å². The molecule has 2 N–H and O–H groups in total. The first-order valence-electron chi connectivity index (χ1n) is 8.63. The van der Waals surface area contributed by atoms with Gasteiger partial charge in [0.2, 0.25) is 0 Å². The Labute approximate surface area is 153 Å². The third-order valence-corrected chi connectivity index (χ3v) is 5.43. The van der Waals surface area contributed by atoms with Crippen LogP contribution in [-0.2, 0) is 9.47 Å². The number of benzene rings is 1. The summed E-state index contributed by atoms with van der Waals surface area (Å²) in [5.41, 5.74) is -0.172. The van der Waals surface area contributed by atoms with Crippen molar-refractivity contribution in [2.24, 2.45) is 4.99 Å². The molecule has 2 rings (SSSR count). The van der Waals surface area contributed by atoms with Crippen LogP contribution in [0.25, 0.3) is 0 Å². The third-order valence-electron chi connectivity index (χ3n) is 4.33. The standard InChI is InChI=1S/C18H28FN3O2S/c1-20-17(22-14-18(23-2)8-11-24-12-9-18)21-10-3-13-25-16-6-4-15(19)5-7-16/h4-7H,3,8-14H2,1-2H3,(H2,20,21,22). The van der Waals surface area contributed by atoms with Gasteiger partial charge in [0, 0.05) is 58.2 Å². The molecule has 1 aromatic carbocycles. The van der Waals surface area contributed by atoms with Gasteiger partial charge in [-0.05, 0) is 36.4 Å². The number of nitrogens with zero attached hydrogens (tertiary/aromatic N) is 1. The van der Waals surface area contributed by atoms with Crippen LogP contribution in [0.2, 0.25) is 0 Å². The molecule has 0 amide bonds. The molecule has 0 atom stereocenters. The van der Waals surface area contributed by atoms with Crippen LogP contribution in [0.1, 0.15) is 19.3 Å². The Balaban J connectivity index is 1.63. The highest BCUT2D eigenvalue weighted by Crippen LogP contribution is 2.23. The molecule has 1 aliphatic rings. The number of hydrogen-bond donors (Lipinski definition) is 2. The van der Waals surface area contributed by atoms with Crippen LogP contribution in [-0.4, -0.2) is 57.8 Å². The number of hydrogen-bond acceptors (Lipinski definition) is 4. The van der Waals surface area contributed by atoms with Crippen LogP contribution in [0.4, 0.5) is 4.39 Å². The smallest absolute Gasteiger partial charge is 0.191 e. The molecule has 0 unspecified atom stereocenters. The van der Waals surface area contributed by atoms with Crippen molar-refractivity contribution in [1.29, 1.82) is 0 Å². The van der Waals surface area contributed by atoms with Crippen molar-refractivity contribution in [2.45, 2.75) is 29.8 Å². The predicted molar refractivity (Wildman–Crippen MR) is 101 cm³/mol. The molecule has 1 fully saturated rings. The van der Waals surface area contributed by atoms with Crippen molar-refractivity contribution in [3.8, 4) is 0 Å². The lowest BCUT2D eigenvalue weighted by Gasteiger charge is -2.36. The van der Waals surface area contributed by atoms with E-state index in [1.807, 2.05) is 12.1 Å². The van der Waals surface area contributed by atoms with Crippen LogP contribution in [0.3, 0.4) is 0 Å². The van der Waals surface area contributed by atoms with Crippen LogP contribution < -0.4 is 10.6 Å². The summed E-state index contributed by atoms with van der Waals surface area (Å²) in [5, 5.41) is 6.68. The van der Waals surface area contributed by atoms with E-state index in [4.69, 9.17) is 9.47 Å². The maximum absolute atomic E-state index is 12.9. The minimum Gasteiger partial charge on any atom is -0.381 e. The molecule has 1 heterocycles. The van der Waals surface area contributed by atoms with Crippen LogP contribution in [0, 0.1) is 5.82 Å². The first kappa shape index (κ1) is 20.0. The minimum atomic E-state index is -0.195. The van der Waals surface area contributed by atoms with E-state index in [2.05, 4.69) is 15.6 Å². The molecule has 25 heavy (non-hydrogen) atoms. The highest BCUT2D eigenvalue weighted by atomic mass is 32.2. The Hall–Kier alpha value is -1.31. The molecule has 0 radical (unpaired) electrons. The van der Waals surface area contributed by atoms with Gasteiger partial charge in [0.15, 0.2) is 5.96 Å². The summed E-state index contributed by atoms with van der Waals surface area (Å²) < 4.78 is 24.0. The average molecular weight is 370 g/mol. The molecule has 140 valence electrons. The normalized spacial score (nSPS) is 17.3. The van der Waals surface area contributed by atoms with E-state index in [0.717, 1.165) is 62.2 Å². The summed E-state index contributed by atoms with van der Waals surface area (Å²) in [6.45, 7) is 3.03. The number of halogens is 1. The topological polar surface area (TPSA) is 54.9 Å². The van der Waals surface area contributed by atoms with E-state index in [-0.39, 0.29) is 11.4 Å². The summed E-state index contributed by atoms with van der Waals surface area (Å²) in [6.07, 6.45) is 2.77. The molecular weight excluding hydrogens is 341 g/mol. The molecule has 1 saturated heterocycles. The molecule has 5 nitrogen and oxygen atoms in total. The largest absolute Gasteiger partial charge is 0.381 e. The summed E-state index contributed by atoms with van der Waals surface area (Å²) in [5.74, 6) is 1.56. The van der Waals surface area contributed by atoms with Crippen molar-refractivity contribution < 1.29 is 13.9 Å². The Morgan fingerprint density at radius 2 is 2.00 bits per heavy atom. The maximum atomic E-state index is 12.9. The van der Waals surface area contributed by atoms with E-state index in [0.29, 0.717) is 0 Å². The average Bonchev–Trinajstić information content (AvgIpc) is 2.66. The first-order chi connectivity index (χ1) is 12.2. The van der Waals surface area contributed by atoms with Gasteiger partial charge in [-0.1, -0.05) is 0 Å². The van der Waals surface area contributed by atoms with E-state index < -0.39 is 0 Å². The number of thioether (sulfide) groups is 1. The lowest BCUT2D eigenvalue weighted by molar-refractivity contribution is -0.0855. The summed E-state index contributed by atoms with van der Waals surface area (Å²) in [7, 11) is 3.53. The SMILES string of the molecule is CN=C(NCCCSc1ccc(F)cc1)NCC1(OC)CCOCC1. The van der Waals surface area contributed by atoms with Crippen molar-refractivity contribution in [3.05, 3.63) is 30.1 Å². The zero-order chi connectivity index (χ0) is 18.0.